The summed E-state index contributed by atoms with van der Waals surface area (Å²) in [6.07, 6.45) is 2.14. The number of carbonyl (C=O) groups excluding carboxylic acids is 1. The minimum absolute atomic E-state index is 0. The van der Waals surface area contributed by atoms with Gasteiger partial charge in [0.05, 0.1) is 0 Å². The van der Waals surface area contributed by atoms with Crippen molar-refractivity contribution in [1.82, 2.24) is 4.90 Å². The normalized spacial score (nSPS) is 35.8. The van der Waals surface area contributed by atoms with Crippen molar-refractivity contribution in [1.29, 1.82) is 0 Å². The Hall–Kier alpha value is -0.280. The van der Waals surface area contributed by atoms with E-state index in [0.29, 0.717) is 24.4 Å². The van der Waals surface area contributed by atoms with Crippen LogP contribution < -0.4 is 5.73 Å². The van der Waals surface area contributed by atoms with Crippen LogP contribution in [0.5, 0.6) is 0 Å². The Balaban J connectivity index is 0.00000128. The molecule has 0 bridgehead atoms. The zero-order chi connectivity index (χ0) is 11.2. The van der Waals surface area contributed by atoms with Gasteiger partial charge in [0.15, 0.2) is 0 Å². The van der Waals surface area contributed by atoms with E-state index < -0.39 is 0 Å². The first-order valence-corrected chi connectivity index (χ1v) is 5.96. The van der Waals surface area contributed by atoms with E-state index in [-0.39, 0.29) is 23.7 Å². The summed E-state index contributed by atoms with van der Waals surface area (Å²) in [7, 11) is 0. The number of carbonyl (C=O) groups is 1. The van der Waals surface area contributed by atoms with Crippen LogP contribution in [-0.2, 0) is 4.79 Å². The predicted molar refractivity (Wildman–Crippen MR) is 67.5 cm³/mol. The topological polar surface area (TPSA) is 46.3 Å². The zero-order valence-corrected chi connectivity index (χ0v) is 11.2. The number of likely N-dealkylation sites (tertiary alicyclic amines) is 1. The summed E-state index contributed by atoms with van der Waals surface area (Å²) < 4.78 is 0. The van der Waals surface area contributed by atoms with Gasteiger partial charge >= 0.3 is 0 Å². The van der Waals surface area contributed by atoms with E-state index in [4.69, 9.17) is 5.73 Å². The van der Waals surface area contributed by atoms with Crippen molar-refractivity contribution in [2.75, 3.05) is 13.1 Å². The zero-order valence-electron chi connectivity index (χ0n) is 10.4. The Morgan fingerprint density at radius 2 is 2.06 bits per heavy atom. The molecule has 2 rings (SSSR count). The minimum Gasteiger partial charge on any atom is -0.339 e. The molecule has 3 atom stereocenters. The van der Waals surface area contributed by atoms with Crippen LogP contribution in [0.1, 0.15) is 33.6 Å². The molecule has 1 amide bonds. The summed E-state index contributed by atoms with van der Waals surface area (Å²) in [6.45, 7) is 8.08. The van der Waals surface area contributed by atoms with Crippen LogP contribution in [-0.4, -0.2) is 29.9 Å². The van der Waals surface area contributed by atoms with E-state index in [9.17, 15) is 4.79 Å². The summed E-state index contributed by atoms with van der Waals surface area (Å²) in [4.78, 5) is 14.2. The molecule has 4 heteroatoms. The molecule has 1 aliphatic heterocycles. The Kier molecular flexibility index (Phi) is 3.91. The van der Waals surface area contributed by atoms with E-state index in [1.807, 2.05) is 0 Å². The first kappa shape index (κ1) is 13.8. The lowest BCUT2D eigenvalue weighted by Crippen LogP contribution is -2.36. The maximum Gasteiger partial charge on any atom is 0.226 e. The van der Waals surface area contributed by atoms with Crippen LogP contribution in [0.4, 0.5) is 0 Å². The van der Waals surface area contributed by atoms with Crippen LogP contribution in [0.25, 0.3) is 0 Å². The molecule has 1 aliphatic carbocycles. The third-order valence-corrected chi connectivity index (χ3v) is 4.09. The molecule has 94 valence electrons. The number of hydrogen-bond acceptors (Lipinski definition) is 2. The highest BCUT2D eigenvalue weighted by molar-refractivity contribution is 5.85. The molecule has 0 radical (unpaired) electrons. The van der Waals surface area contributed by atoms with E-state index in [1.165, 1.54) is 0 Å². The third-order valence-electron chi connectivity index (χ3n) is 4.09. The van der Waals surface area contributed by atoms with Gasteiger partial charge in [-0.1, -0.05) is 13.8 Å². The second-order valence-electron chi connectivity index (χ2n) is 5.92. The van der Waals surface area contributed by atoms with E-state index in [1.54, 1.807) is 0 Å². The van der Waals surface area contributed by atoms with Gasteiger partial charge in [-0.3, -0.25) is 4.79 Å². The van der Waals surface area contributed by atoms with Gasteiger partial charge in [-0.2, -0.15) is 0 Å². The lowest BCUT2D eigenvalue weighted by atomic mass is 10.1. The highest BCUT2D eigenvalue weighted by atomic mass is 35.5. The van der Waals surface area contributed by atoms with E-state index >= 15 is 0 Å². The van der Waals surface area contributed by atoms with Gasteiger partial charge in [-0.15, -0.1) is 12.4 Å². The van der Waals surface area contributed by atoms with Gasteiger partial charge in [-0.25, -0.2) is 0 Å². The highest BCUT2D eigenvalue weighted by Gasteiger charge is 2.53. The summed E-state index contributed by atoms with van der Waals surface area (Å²) in [5.74, 6) is 1.16. The first-order chi connectivity index (χ1) is 6.95. The van der Waals surface area contributed by atoms with Gasteiger partial charge in [0.2, 0.25) is 5.91 Å². The fourth-order valence-electron chi connectivity index (χ4n) is 2.71. The number of halogens is 1. The number of nitrogens with two attached hydrogens (primary N) is 1. The van der Waals surface area contributed by atoms with Crippen LogP contribution >= 0.6 is 12.4 Å². The maximum atomic E-state index is 12.2. The van der Waals surface area contributed by atoms with Gasteiger partial charge < -0.3 is 10.6 Å². The third kappa shape index (κ3) is 2.35. The van der Waals surface area contributed by atoms with Crippen molar-refractivity contribution in [3.63, 3.8) is 0 Å². The van der Waals surface area contributed by atoms with Crippen LogP contribution in [0, 0.1) is 17.3 Å². The molecule has 1 heterocycles. The summed E-state index contributed by atoms with van der Waals surface area (Å²) >= 11 is 0. The molecular weight excluding hydrogens is 224 g/mol. The quantitative estimate of drug-likeness (QED) is 0.806. The number of amides is 1. The Morgan fingerprint density at radius 1 is 1.50 bits per heavy atom. The standard InChI is InChI=1S/C12H22N2O.ClH/c1-8-4-9(6-13)7-14(8)11(15)10-5-12(10,2)3;/h8-10H,4-7,13H2,1-3H3;1H. The molecule has 3 unspecified atom stereocenters. The summed E-state index contributed by atoms with van der Waals surface area (Å²) in [5.41, 5.74) is 5.91. The number of hydrogen-bond donors (Lipinski definition) is 1. The summed E-state index contributed by atoms with van der Waals surface area (Å²) in [6, 6.07) is 0.391. The number of nitrogens with zero attached hydrogens (tertiary/aromatic N) is 1. The van der Waals surface area contributed by atoms with Crippen LogP contribution in [0.3, 0.4) is 0 Å². The van der Waals surface area contributed by atoms with Crippen molar-refractivity contribution in [2.45, 2.75) is 39.7 Å². The molecule has 0 aromatic rings. The predicted octanol–water partition coefficient (Wildman–Crippen LogP) is 1.65. The average Bonchev–Trinajstić information content (AvgIpc) is 2.64. The van der Waals surface area contributed by atoms with Crippen molar-refractivity contribution >= 4 is 18.3 Å². The largest absolute Gasteiger partial charge is 0.339 e. The monoisotopic (exact) mass is 246 g/mol. The van der Waals surface area contributed by atoms with Crippen LogP contribution in [0.2, 0.25) is 0 Å². The minimum atomic E-state index is 0. The molecule has 0 aromatic heterocycles. The van der Waals surface area contributed by atoms with E-state index in [2.05, 4.69) is 25.7 Å². The molecule has 0 aromatic carbocycles. The lowest BCUT2D eigenvalue weighted by molar-refractivity contribution is -0.133. The molecule has 2 N–H and O–H groups in total. The van der Waals surface area contributed by atoms with Crippen molar-refractivity contribution in [2.24, 2.45) is 23.0 Å². The summed E-state index contributed by atoms with van der Waals surface area (Å²) in [5, 5.41) is 0. The molecular formula is C12H23ClN2O. The average molecular weight is 247 g/mol. The first-order valence-electron chi connectivity index (χ1n) is 5.96. The highest BCUT2D eigenvalue weighted by Crippen LogP contribution is 2.53. The molecule has 1 saturated heterocycles. The Bertz CT molecular complexity index is 280. The van der Waals surface area contributed by atoms with Gasteiger partial charge in [-0.05, 0) is 37.6 Å². The molecule has 0 spiro atoms. The van der Waals surface area contributed by atoms with Crippen molar-refractivity contribution in [3.8, 4) is 0 Å². The second-order valence-corrected chi connectivity index (χ2v) is 5.92. The Morgan fingerprint density at radius 3 is 2.44 bits per heavy atom. The maximum absolute atomic E-state index is 12.2. The molecule has 2 aliphatic rings. The second kappa shape index (κ2) is 4.53. The number of rotatable bonds is 2. The van der Waals surface area contributed by atoms with Gasteiger partial charge in [0, 0.05) is 18.5 Å². The molecule has 1 saturated carbocycles. The Labute approximate surface area is 104 Å². The molecule has 2 fully saturated rings. The fraction of sp³-hybridized carbons (Fsp3) is 0.917. The van der Waals surface area contributed by atoms with Gasteiger partial charge in [0.25, 0.3) is 0 Å². The smallest absolute Gasteiger partial charge is 0.226 e. The molecule has 16 heavy (non-hydrogen) atoms. The SMILES string of the molecule is CC1CC(CN)CN1C(=O)C1CC1(C)C.Cl. The molecule has 3 nitrogen and oxygen atoms in total. The van der Waals surface area contributed by atoms with E-state index in [0.717, 1.165) is 19.4 Å². The van der Waals surface area contributed by atoms with Crippen LogP contribution in [0.15, 0.2) is 0 Å². The fourth-order valence-corrected chi connectivity index (χ4v) is 2.71. The van der Waals surface area contributed by atoms with Gasteiger partial charge in [0.1, 0.15) is 0 Å². The lowest BCUT2D eigenvalue weighted by Gasteiger charge is -2.22. The van der Waals surface area contributed by atoms with Crippen molar-refractivity contribution in [3.05, 3.63) is 0 Å². The van der Waals surface area contributed by atoms with Crippen molar-refractivity contribution < 1.29 is 4.79 Å².